The summed E-state index contributed by atoms with van der Waals surface area (Å²) in [5, 5.41) is 5.11. The molecule has 0 unspecified atom stereocenters. The second-order valence-corrected chi connectivity index (χ2v) is 10.9. The molecule has 0 aliphatic rings. The van der Waals surface area contributed by atoms with Gasteiger partial charge in [0, 0.05) is 4.90 Å². The molecule has 0 nitrogen and oxygen atoms in total. The SMILES string of the molecule is CSc1ccc(-c2c3ccccc3c(-c3ccc(-c4ccccc4)cc3)c3ccccc23)cc1-c1ccccc1. The molecular weight excluding hydrogens is 500 g/mol. The average molecular weight is 529 g/mol. The second-order valence-electron chi connectivity index (χ2n) is 10.1. The quantitative estimate of drug-likeness (QED) is 0.158. The summed E-state index contributed by atoms with van der Waals surface area (Å²) in [5.74, 6) is 0. The molecule has 7 aromatic rings. The number of hydrogen-bond acceptors (Lipinski definition) is 1. The molecule has 0 aliphatic carbocycles. The standard InChI is InChI=1S/C39H28S/c1-40-37-25-24-31(26-36(37)29-14-6-3-7-15-29)39-34-18-10-8-16-32(34)38(33-17-9-11-19-35(33)39)30-22-20-28(21-23-30)27-12-4-2-5-13-27/h2-26H,1H3. The fourth-order valence-electron chi connectivity index (χ4n) is 5.92. The molecule has 1 heteroatoms. The van der Waals surface area contributed by atoms with Gasteiger partial charge in [-0.2, -0.15) is 0 Å². The summed E-state index contributed by atoms with van der Waals surface area (Å²) in [6.45, 7) is 0. The first-order valence-corrected chi connectivity index (χ1v) is 14.9. The molecule has 0 N–H and O–H groups in total. The van der Waals surface area contributed by atoms with Crippen molar-refractivity contribution in [1.82, 2.24) is 0 Å². The van der Waals surface area contributed by atoms with E-state index in [1.54, 1.807) is 11.8 Å². The molecule has 0 atom stereocenters. The smallest absolute Gasteiger partial charge is 0.0148 e. The molecule has 7 aromatic carbocycles. The van der Waals surface area contributed by atoms with Crippen LogP contribution in [-0.2, 0) is 0 Å². The summed E-state index contributed by atoms with van der Waals surface area (Å²) < 4.78 is 0. The molecule has 0 spiro atoms. The third-order valence-electron chi connectivity index (χ3n) is 7.79. The molecule has 0 fully saturated rings. The molecule has 0 bridgehead atoms. The molecule has 40 heavy (non-hydrogen) atoms. The number of rotatable bonds is 5. The van der Waals surface area contributed by atoms with Crippen LogP contribution in [0.5, 0.6) is 0 Å². The van der Waals surface area contributed by atoms with E-state index in [0.717, 1.165) is 0 Å². The Balaban J connectivity index is 1.48. The molecule has 0 radical (unpaired) electrons. The zero-order valence-electron chi connectivity index (χ0n) is 22.3. The minimum Gasteiger partial charge on any atom is -0.129 e. The van der Waals surface area contributed by atoms with E-state index in [1.165, 1.54) is 70.9 Å². The minimum atomic E-state index is 1.23. The van der Waals surface area contributed by atoms with Crippen LogP contribution < -0.4 is 0 Å². The lowest BCUT2D eigenvalue weighted by Gasteiger charge is -2.19. The van der Waals surface area contributed by atoms with Gasteiger partial charge < -0.3 is 0 Å². The normalized spacial score (nSPS) is 11.2. The van der Waals surface area contributed by atoms with Crippen LogP contribution in [0.2, 0.25) is 0 Å². The maximum absolute atomic E-state index is 2.38. The van der Waals surface area contributed by atoms with Crippen molar-refractivity contribution < 1.29 is 0 Å². The van der Waals surface area contributed by atoms with Crippen LogP contribution in [0.15, 0.2) is 157 Å². The molecule has 0 aromatic heterocycles. The molecule has 0 amide bonds. The number of benzene rings is 7. The van der Waals surface area contributed by atoms with Crippen molar-refractivity contribution in [3.8, 4) is 44.5 Å². The van der Waals surface area contributed by atoms with E-state index in [0.29, 0.717) is 0 Å². The highest BCUT2D eigenvalue weighted by atomic mass is 32.2. The van der Waals surface area contributed by atoms with Crippen molar-refractivity contribution >= 4 is 33.3 Å². The Bertz CT molecular complexity index is 1900. The summed E-state index contributed by atoms with van der Waals surface area (Å²) in [4.78, 5) is 1.29. The van der Waals surface area contributed by atoms with Gasteiger partial charge in [-0.05, 0) is 84.4 Å². The molecule has 0 heterocycles. The predicted octanol–water partition coefficient (Wildman–Crippen LogP) is 11.4. The summed E-state index contributed by atoms with van der Waals surface area (Å²) >= 11 is 1.80. The van der Waals surface area contributed by atoms with Gasteiger partial charge in [0.05, 0.1) is 0 Å². The van der Waals surface area contributed by atoms with Crippen LogP contribution in [0.25, 0.3) is 66.1 Å². The third kappa shape index (κ3) is 4.29. The van der Waals surface area contributed by atoms with Gasteiger partial charge in [0.15, 0.2) is 0 Å². The van der Waals surface area contributed by atoms with Crippen LogP contribution >= 0.6 is 11.8 Å². The van der Waals surface area contributed by atoms with Crippen molar-refractivity contribution in [3.63, 3.8) is 0 Å². The van der Waals surface area contributed by atoms with E-state index in [-0.39, 0.29) is 0 Å². The fourth-order valence-corrected chi connectivity index (χ4v) is 6.52. The maximum Gasteiger partial charge on any atom is 0.0148 e. The zero-order chi connectivity index (χ0) is 26.9. The minimum absolute atomic E-state index is 1.23. The van der Waals surface area contributed by atoms with Crippen molar-refractivity contribution in [2.75, 3.05) is 6.26 Å². The Kier molecular flexibility index (Phi) is 6.43. The van der Waals surface area contributed by atoms with Crippen molar-refractivity contribution in [2.24, 2.45) is 0 Å². The van der Waals surface area contributed by atoms with Gasteiger partial charge in [-0.15, -0.1) is 11.8 Å². The Hall–Kier alpha value is -4.59. The Morgan fingerprint density at radius 3 is 1.27 bits per heavy atom. The van der Waals surface area contributed by atoms with E-state index in [1.807, 2.05) is 0 Å². The Morgan fingerprint density at radius 1 is 0.350 bits per heavy atom. The van der Waals surface area contributed by atoms with E-state index >= 15 is 0 Å². The number of hydrogen-bond donors (Lipinski definition) is 0. The molecular formula is C39H28S. The largest absolute Gasteiger partial charge is 0.129 e. The lowest BCUT2D eigenvalue weighted by Crippen LogP contribution is -1.92. The molecule has 0 saturated heterocycles. The van der Waals surface area contributed by atoms with Gasteiger partial charge in [0.1, 0.15) is 0 Å². The van der Waals surface area contributed by atoms with E-state index in [2.05, 4.69) is 158 Å². The van der Waals surface area contributed by atoms with E-state index in [4.69, 9.17) is 0 Å². The van der Waals surface area contributed by atoms with Crippen molar-refractivity contribution in [2.45, 2.75) is 4.90 Å². The van der Waals surface area contributed by atoms with Crippen molar-refractivity contribution in [3.05, 3.63) is 152 Å². The summed E-state index contributed by atoms with van der Waals surface area (Å²) in [6, 6.07) is 55.1. The highest BCUT2D eigenvalue weighted by Crippen LogP contribution is 2.45. The highest BCUT2D eigenvalue weighted by Gasteiger charge is 2.17. The topological polar surface area (TPSA) is 0 Å². The van der Waals surface area contributed by atoms with Crippen LogP contribution in [0.3, 0.4) is 0 Å². The fraction of sp³-hybridized carbons (Fsp3) is 0.0256. The average Bonchev–Trinajstić information content (AvgIpc) is 3.04. The summed E-state index contributed by atoms with van der Waals surface area (Å²) in [6.07, 6.45) is 2.16. The lowest BCUT2D eigenvalue weighted by atomic mass is 9.85. The molecule has 0 aliphatic heterocycles. The van der Waals surface area contributed by atoms with Crippen molar-refractivity contribution in [1.29, 1.82) is 0 Å². The van der Waals surface area contributed by atoms with Crippen LogP contribution in [0.4, 0.5) is 0 Å². The Morgan fingerprint density at radius 2 is 0.750 bits per heavy atom. The van der Waals surface area contributed by atoms with Crippen LogP contribution in [0, 0.1) is 0 Å². The number of fused-ring (bicyclic) bond motifs is 2. The third-order valence-corrected chi connectivity index (χ3v) is 8.58. The molecule has 190 valence electrons. The van der Waals surface area contributed by atoms with E-state index in [9.17, 15) is 0 Å². The first-order chi connectivity index (χ1) is 19.8. The van der Waals surface area contributed by atoms with Gasteiger partial charge >= 0.3 is 0 Å². The monoisotopic (exact) mass is 528 g/mol. The van der Waals surface area contributed by atoms with Gasteiger partial charge in [0.2, 0.25) is 0 Å². The predicted molar refractivity (Wildman–Crippen MR) is 175 cm³/mol. The number of thioether (sulfide) groups is 1. The van der Waals surface area contributed by atoms with Gasteiger partial charge in [-0.3, -0.25) is 0 Å². The Labute approximate surface area is 240 Å². The molecule has 7 rings (SSSR count). The van der Waals surface area contributed by atoms with Gasteiger partial charge in [-0.25, -0.2) is 0 Å². The van der Waals surface area contributed by atoms with Gasteiger partial charge in [-0.1, -0.05) is 140 Å². The molecule has 0 saturated carbocycles. The first kappa shape index (κ1) is 24.5. The van der Waals surface area contributed by atoms with Gasteiger partial charge in [0.25, 0.3) is 0 Å². The summed E-state index contributed by atoms with van der Waals surface area (Å²) in [7, 11) is 0. The van der Waals surface area contributed by atoms with E-state index < -0.39 is 0 Å². The highest BCUT2D eigenvalue weighted by molar-refractivity contribution is 7.98. The second kappa shape index (κ2) is 10.5. The first-order valence-electron chi connectivity index (χ1n) is 13.6. The van der Waals surface area contributed by atoms with Crippen LogP contribution in [0.1, 0.15) is 0 Å². The maximum atomic E-state index is 2.38. The lowest BCUT2D eigenvalue weighted by molar-refractivity contribution is 1.45. The van der Waals surface area contributed by atoms with Crippen LogP contribution in [-0.4, -0.2) is 6.26 Å². The summed E-state index contributed by atoms with van der Waals surface area (Å²) in [5.41, 5.74) is 10.1. The zero-order valence-corrected chi connectivity index (χ0v) is 23.2.